The van der Waals surface area contributed by atoms with Gasteiger partial charge in [0.25, 0.3) is 0 Å². The first-order valence-electron chi connectivity index (χ1n) is 13.6. The molecule has 0 bridgehead atoms. The average molecular weight is 444 g/mol. The fourth-order valence-corrected chi connectivity index (χ4v) is 10.6. The highest BCUT2D eigenvalue weighted by Gasteiger charge is 2.68. The van der Waals surface area contributed by atoms with Crippen LogP contribution in [0.3, 0.4) is 0 Å². The molecular weight excluding hydrogens is 390 g/mol. The number of hydrogen-bond acceptors (Lipinski definition) is 2. The van der Waals surface area contributed by atoms with Gasteiger partial charge in [-0.2, -0.15) is 0 Å². The Bertz CT molecular complexity index is 686. The topological polar surface area (TPSA) is 29.1 Å². The van der Waals surface area contributed by atoms with Gasteiger partial charge in [-0.05, 0) is 130 Å². The Morgan fingerprint density at radius 1 is 0.750 bits per heavy atom. The lowest BCUT2D eigenvalue weighted by Crippen LogP contribution is -2.68. The van der Waals surface area contributed by atoms with Gasteiger partial charge in [0.15, 0.2) is 0 Å². The van der Waals surface area contributed by atoms with E-state index < -0.39 is 0 Å². The van der Waals surface area contributed by atoms with Crippen LogP contribution in [0.4, 0.5) is 0 Å². The van der Waals surface area contributed by atoms with E-state index in [1.54, 1.807) is 6.08 Å². The van der Waals surface area contributed by atoms with E-state index in [1.165, 1.54) is 70.8 Å². The summed E-state index contributed by atoms with van der Waals surface area (Å²) in [4.78, 5) is 8.00. The molecule has 1 aliphatic heterocycles. The van der Waals surface area contributed by atoms with E-state index in [9.17, 15) is 0 Å². The first-order valence-corrected chi connectivity index (χ1v) is 13.6. The standard InChI is InChI=1S/C26H45N.C3H6.CH2O/c1-22(2)20-11-13-26(6)21(24(20,4)16-17-27-22)10-9-19-18-8-7-12-23(18,3)14-15-25(19,26)5;1-3-2;1-2/h18-21,27H,7-17H2,1-6H3;3H,1H2,2H3;1H2/t18-,19?,20?,21?,23?,24?,25-,26?;;/m1../s1. The molecule has 0 aromatic rings. The molecule has 4 saturated carbocycles. The number of carbonyl (C=O) groups is 1. The van der Waals surface area contributed by atoms with Gasteiger partial charge in [0, 0.05) is 5.54 Å². The van der Waals surface area contributed by atoms with Crippen molar-refractivity contribution in [2.45, 2.75) is 118 Å². The zero-order chi connectivity index (χ0) is 24.0. The SMILES string of the molecule is C=CC.C=O.CC1(C)NCCC2(C)C1CCC1(C)C2CCC2[C@H]3CCCC3(C)CC[C@]21C. The minimum absolute atomic E-state index is 0.322. The van der Waals surface area contributed by atoms with Crippen molar-refractivity contribution in [3.05, 3.63) is 12.7 Å². The molecule has 0 aromatic carbocycles. The van der Waals surface area contributed by atoms with Crippen molar-refractivity contribution in [3.63, 3.8) is 0 Å². The molecule has 2 heteroatoms. The highest BCUT2D eigenvalue weighted by atomic mass is 16.1. The van der Waals surface area contributed by atoms with Gasteiger partial charge in [-0.15, -0.1) is 6.58 Å². The van der Waals surface area contributed by atoms with Gasteiger partial charge in [0.2, 0.25) is 0 Å². The van der Waals surface area contributed by atoms with Crippen LogP contribution in [-0.4, -0.2) is 18.9 Å². The van der Waals surface area contributed by atoms with E-state index >= 15 is 0 Å². The Morgan fingerprint density at radius 2 is 1.41 bits per heavy atom. The Labute approximate surface area is 199 Å². The Balaban J connectivity index is 0.000000536. The number of allylic oxidation sites excluding steroid dienone is 1. The molecule has 0 amide bonds. The van der Waals surface area contributed by atoms with Crippen LogP contribution >= 0.6 is 0 Å². The first kappa shape index (κ1) is 26.0. The second-order valence-corrected chi connectivity index (χ2v) is 13.6. The molecule has 0 spiro atoms. The number of hydrogen-bond donors (Lipinski definition) is 1. The van der Waals surface area contributed by atoms with Gasteiger partial charge in [0.05, 0.1) is 0 Å². The summed E-state index contributed by atoms with van der Waals surface area (Å²) in [6, 6.07) is 0. The summed E-state index contributed by atoms with van der Waals surface area (Å²) >= 11 is 0. The van der Waals surface area contributed by atoms with E-state index in [0.29, 0.717) is 27.2 Å². The van der Waals surface area contributed by atoms with Crippen LogP contribution in [-0.2, 0) is 4.79 Å². The fourth-order valence-electron chi connectivity index (χ4n) is 10.6. The molecule has 5 fully saturated rings. The predicted molar refractivity (Wildman–Crippen MR) is 138 cm³/mol. The molecule has 0 aromatic heterocycles. The lowest BCUT2D eigenvalue weighted by molar-refractivity contribution is -0.226. The molecule has 0 radical (unpaired) electrons. The van der Waals surface area contributed by atoms with Crippen LogP contribution in [0.5, 0.6) is 0 Å². The highest BCUT2D eigenvalue weighted by molar-refractivity contribution is 5.18. The lowest BCUT2D eigenvalue weighted by atomic mass is 9.33. The van der Waals surface area contributed by atoms with Crippen LogP contribution in [0.1, 0.15) is 113 Å². The predicted octanol–water partition coefficient (Wildman–Crippen LogP) is 7.82. The molecule has 184 valence electrons. The maximum atomic E-state index is 8.00. The second kappa shape index (κ2) is 8.86. The summed E-state index contributed by atoms with van der Waals surface area (Å²) in [6.07, 6.45) is 16.7. The smallest absolute Gasteiger partial charge is 0.106 e. The summed E-state index contributed by atoms with van der Waals surface area (Å²) in [5.74, 6) is 3.84. The zero-order valence-corrected chi connectivity index (χ0v) is 22.5. The van der Waals surface area contributed by atoms with Crippen LogP contribution in [0.15, 0.2) is 12.7 Å². The molecule has 5 aliphatic rings. The van der Waals surface area contributed by atoms with Crippen molar-refractivity contribution in [1.29, 1.82) is 0 Å². The molecule has 2 nitrogen and oxygen atoms in total. The summed E-state index contributed by atoms with van der Waals surface area (Å²) in [5.41, 5.74) is 2.71. The van der Waals surface area contributed by atoms with Gasteiger partial charge in [0.1, 0.15) is 6.79 Å². The van der Waals surface area contributed by atoms with Gasteiger partial charge in [-0.1, -0.05) is 40.2 Å². The minimum atomic E-state index is 0.322. The van der Waals surface area contributed by atoms with E-state index in [0.717, 1.165) is 23.7 Å². The van der Waals surface area contributed by atoms with Crippen molar-refractivity contribution in [2.75, 3.05) is 6.54 Å². The van der Waals surface area contributed by atoms with E-state index in [1.807, 2.05) is 13.7 Å². The largest absolute Gasteiger partial charge is 0.311 e. The van der Waals surface area contributed by atoms with E-state index in [-0.39, 0.29) is 0 Å². The summed E-state index contributed by atoms with van der Waals surface area (Å²) in [7, 11) is 0. The quantitative estimate of drug-likeness (QED) is 0.387. The van der Waals surface area contributed by atoms with Gasteiger partial charge in [-0.25, -0.2) is 0 Å². The number of carbonyl (C=O) groups excluding carboxylic acids is 1. The van der Waals surface area contributed by atoms with Crippen LogP contribution in [0, 0.1) is 45.3 Å². The molecule has 4 aliphatic carbocycles. The number of rotatable bonds is 0. The van der Waals surface area contributed by atoms with Crippen molar-refractivity contribution < 1.29 is 4.79 Å². The second-order valence-electron chi connectivity index (χ2n) is 13.6. The minimum Gasteiger partial charge on any atom is -0.311 e. The normalized spacial score (nSPS) is 50.6. The molecule has 1 heterocycles. The lowest BCUT2D eigenvalue weighted by Gasteiger charge is -2.72. The van der Waals surface area contributed by atoms with Gasteiger partial charge < -0.3 is 10.1 Å². The molecule has 8 atom stereocenters. The summed E-state index contributed by atoms with van der Waals surface area (Å²) < 4.78 is 0. The fraction of sp³-hybridized carbons (Fsp3) is 0.900. The van der Waals surface area contributed by atoms with E-state index in [2.05, 4.69) is 53.4 Å². The summed E-state index contributed by atoms with van der Waals surface area (Å²) in [5, 5.41) is 3.89. The molecule has 1 N–H and O–H groups in total. The Kier molecular flexibility index (Phi) is 7.20. The van der Waals surface area contributed by atoms with Crippen LogP contribution < -0.4 is 5.32 Å². The highest BCUT2D eigenvalue weighted by Crippen LogP contribution is 2.75. The zero-order valence-electron chi connectivity index (χ0n) is 22.5. The van der Waals surface area contributed by atoms with Crippen molar-refractivity contribution in [1.82, 2.24) is 5.32 Å². The monoisotopic (exact) mass is 443 g/mol. The molecule has 1 saturated heterocycles. The van der Waals surface area contributed by atoms with Crippen molar-refractivity contribution >= 4 is 6.79 Å². The molecule has 6 unspecified atom stereocenters. The Hall–Kier alpha value is -0.630. The summed E-state index contributed by atoms with van der Waals surface area (Å²) in [6.45, 7) is 24.4. The van der Waals surface area contributed by atoms with Crippen molar-refractivity contribution in [2.24, 2.45) is 45.3 Å². The van der Waals surface area contributed by atoms with Gasteiger partial charge >= 0.3 is 0 Å². The Morgan fingerprint density at radius 3 is 2.06 bits per heavy atom. The van der Waals surface area contributed by atoms with Crippen molar-refractivity contribution in [3.8, 4) is 0 Å². The third-order valence-corrected chi connectivity index (χ3v) is 12.2. The third-order valence-electron chi connectivity index (χ3n) is 12.2. The third kappa shape index (κ3) is 3.57. The first-order chi connectivity index (χ1) is 15.0. The maximum absolute atomic E-state index is 8.00. The number of fused-ring (bicyclic) bond motifs is 7. The van der Waals surface area contributed by atoms with Gasteiger partial charge in [-0.3, -0.25) is 0 Å². The molecular formula is C30H53NO. The van der Waals surface area contributed by atoms with E-state index in [4.69, 9.17) is 4.79 Å². The molecule has 32 heavy (non-hydrogen) atoms. The average Bonchev–Trinajstić information content (AvgIpc) is 3.12. The maximum Gasteiger partial charge on any atom is 0.106 e. The molecule has 5 rings (SSSR count). The number of nitrogens with one attached hydrogen (secondary N) is 1. The van der Waals surface area contributed by atoms with Crippen LogP contribution in [0.2, 0.25) is 0 Å². The van der Waals surface area contributed by atoms with Crippen LogP contribution in [0.25, 0.3) is 0 Å². The number of piperidine rings is 1.